The quantitative estimate of drug-likeness (QED) is 0.688. The number of morpholine rings is 1. The third-order valence-electron chi connectivity index (χ3n) is 5.50. The molecular weight excluding hydrogens is 404 g/mol. The van der Waals surface area contributed by atoms with Gasteiger partial charge in [0.1, 0.15) is 23.7 Å². The minimum Gasteiger partial charge on any atom is -0.474 e. The van der Waals surface area contributed by atoms with Crippen LogP contribution in [0.25, 0.3) is 0 Å². The number of nitrogens with zero attached hydrogens (tertiary/aromatic N) is 4. The van der Waals surface area contributed by atoms with E-state index in [1.807, 2.05) is 18.4 Å². The summed E-state index contributed by atoms with van der Waals surface area (Å²) in [5.74, 6) is 1.30. The number of thioether (sulfide) groups is 1. The van der Waals surface area contributed by atoms with Gasteiger partial charge in [-0.1, -0.05) is 17.8 Å². The molecule has 6 nitrogen and oxygen atoms in total. The van der Waals surface area contributed by atoms with Gasteiger partial charge in [-0.3, -0.25) is 0 Å². The monoisotopic (exact) mass is 426 g/mol. The number of rotatable bonds is 4. The number of hydrogen-bond donors (Lipinski definition) is 0. The Kier molecular flexibility index (Phi) is 6.28. The predicted molar refractivity (Wildman–Crippen MR) is 117 cm³/mol. The van der Waals surface area contributed by atoms with Crippen LogP contribution >= 0.6 is 24.0 Å². The molecule has 1 aliphatic carbocycles. The maximum Gasteiger partial charge on any atom is 0.220 e. The lowest BCUT2D eigenvalue weighted by molar-refractivity contribution is 0.0554. The van der Waals surface area contributed by atoms with E-state index in [-0.39, 0.29) is 17.9 Å². The smallest absolute Gasteiger partial charge is 0.220 e. The minimum atomic E-state index is -0.101. The normalized spacial score (nSPS) is 23.7. The van der Waals surface area contributed by atoms with Crippen LogP contribution in [-0.4, -0.2) is 53.0 Å². The Balaban J connectivity index is 1.58. The number of nitriles is 1. The van der Waals surface area contributed by atoms with E-state index in [1.165, 1.54) is 11.8 Å². The molecule has 150 valence electrons. The summed E-state index contributed by atoms with van der Waals surface area (Å²) >= 11 is 6.78. The topological polar surface area (TPSA) is 71.3 Å². The van der Waals surface area contributed by atoms with Crippen LogP contribution in [0.15, 0.2) is 36.5 Å². The molecule has 0 N–H and O–H groups in total. The highest BCUT2D eigenvalue weighted by molar-refractivity contribution is 8.22. The van der Waals surface area contributed by atoms with E-state index in [0.717, 1.165) is 49.8 Å². The number of thiocarbonyl (C=S) groups is 1. The molecule has 0 radical (unpaired) electrons. The third-order valence-corrected chi connectivity index (χ3v) is 6.52. The van der Waals surface area contributed by atoms with Crippen molar-refractivity contribution in [1.82, 2.24) is 9.97 Å². The van der Waals surface area contributed by atoms with Gasteiger partial charge in [-0.05, 0) is 54.7 Å². The van der Waals surface area contributed by atoms with Crippen LogP contribution in [0, 0.1) is 11.3 Å². The van der Waals surface area contributed by atoms with Gasteiger partial charge in [0.25, 0.3) is 0 Å². The molecule has 2 aromatic heterocycles. The standard InChI is InChI=1S/C21H22N4O2S2/c1-29-21(28)27-20-16(14-5-6-23-15(11-14)13-22)12-17(20)18-3-2-4-19(24-18)25-7-9-26-10-8-25/h2-6,11,16-17,20H,7-10,12H2,1H3. The molecule has 2 aliphatic rings. The summed E-state index contributed by atoms with van der Waals surface area (Å²) in [4.78, 5) is 11.3. The van der Waals surface area contributed by atoms with Crippen LogP contribution in [0.3, 0.4) is 0 Å². The molecule has 0 aromatic carbocycles. The second-order valence-corrected chi connectivity index (χ2v) is 8.50. The van der Waals surface area contributed by atoms with Gasteiger partial charge in [-0.15, -0.1) is 0 Å². The molecular formula is C21H22N4O2S2. The minimum absolute atomic E-state index is 0.101. The van der Waals surface area contributed by atoms with E-state index in [2.05, 4.69) is 34.2 Å². The predicted octanol–water partition coefficient (Wildman–Crippen LogP) is 3.49. The number of aromatic nitrogens is 2. The lowest BCUT2D eigenvalue weighted by atomic mass is 9.67. The summed E-state index contributed by atoms with van der Waals surface area (Å²) in [6, 6.07) is 12.1. The van der Waals surface area contributed by atoms with Crippen molar-refractivity contribution in [3.8, 4) is 6.07 Å². The van der Waals surface area contributed by atoms with Gasteiger partial charge < -0.3 is 14.4 Å². The molecule has 1 aliphatic heterocycles. The summed E-state index contributed by atoms with van der Waals surface area (Å²) in [5.41, 5.74) is 2.50. The first-order valence-corrected chi connectivity index (χ1v) is 11.2. The van der Waals surface area contributed by atoms with Crippen molar-refractivity contribution in [2.24, 2.45) is 0 Å². The first kappa shape index (κ1) is 20.1. The van der Waals surface area contributed by atoms with E-state index in [4.69, 9.17) is 26.7 Å². The zero-order valence-corrected chi connectivity index (χ0v) is 17.8. The maximum atomic E-state index is 9.18. The van der Waals surface area contributed by atoms with E-state index in [1.54, 1.807) is 6.20 Å². The maximum absolute atomic E-state index is 9.18. The Labute approximate surface area is 180 Å². The molecule has 0 bridgehead atoms. The number of hydrogen-bond acceptors (Lipinski definition) is 8. The second-order valence-electron chi connectivity index (χ2n) is 7.09. The summed E-state index contributed by atoms with van der Waals surface area (Å²) in [6.45, 7) is 3.17. The van der Waals surface area contributed by atoms with Crippen molar-refractivity contribution < 1.29 is 9.47 Å². The fraction of sp³-hybridized carbons (Fsp3) is 0.429. The van der Waals surface area contributed by atoms with Gasteiger partial charge in [0.05, 0.1) is 13.2 Å². The van der Waals surface area contributed by atoms with E-state index < -0.39 is 0 Å². The van der Waals surface area contributed by atoms with Gasteiger partial charge in [0.15, 0.2) is 0 Å². The molecule has 3 unspecified atom stereocenters. The van der Waals surface area contributed by atoms with Crippen LogP contribution in [0.4, 0.5) is 5.82 Å². The van der Waals surface area contributed by atoms with Gasteiger partial charge in [0, 0.05) is 36.8 Å². The van der Waals surface area contributed by atoms with Crippen molar-refractivity contribution in [1.29, 1.82) is 5.26 Å². The Bertz CT molecular complexity index is 927. The highest BCUT2D eigenvalue weighted by Gasteiger charge is 2.46. The SMILES string of the molecule is CSC(=S)OC1C(c2ccnc(C#N)c2)CC1c1cccc(N2CCOCC2)n1. The lowest BCUT2D eigenvalue weighted by Crippen LogP contribution is -2.42. The van der Waals surface area contributed by atoms with Crippen LogP contribution in [0.2, 0.25) is 0 Å². The fourth-order valence-corrected chi connectivity index (χ4v) is 4.24. The zero-order valence-electron chi connectivity index (χ0n) is 16.2. The van der Waals surface area contributed by atoms with Gasteiger partial charge in [-0.25, -0.2) is 9.97 Å². The molecule has 1 saturated heterocycles. The van der Waals surface area contributed by atoms with Gasteiger partial charge >= 0.3 is 0 Å². The van der Waals surface area contributed by atoms with Crippen molar-refractivity contribution in [2.75, 3.05) is 37.5 Å². The van der Waals surface area contributed by atoms with E-state index >= 15 is 0 Å². The Morgan fingerprint density at radius 1 is 1.31 bits per heavy atom. The van der Waals surface area contributed by atoms with Crippen molar-refractivity contribution in [3.63, 3.8) is 0 Å². The fourth-order valence-electron chi connectivity index (χ4n) is 3.92. The molecule has 29 heavy (non-hydrogen) atoms. The average Bonchev–Trinajstić information content (AvgIpc) is 2.77. The third kappa shape index (κ3) is 4.37. The number of anilines is 1. The van der Waals surface area contributed by atoms with Gasteiger partial charge in [0.2, 0.25) is 4.38 Å². The molecule has 1 saturated carbocycles. The summed E-state index contributed by atoms with van der Waals surface area (Å²) in [5, 5.41) is 9.18. The summed E-state index contributed by atoms with van der Waals surface area (Å²) in [7, 11) is 0. The lowest BCUT2D eigenvalue weighted by Gasteiger charge is -2.44. The van der Waals surface area contributed by atoms with E-state index in [0.29, 0.717) is 10.1 Å². The number of pyridine rings is 2. The van der Waals surface area contributed by atoms with Crippen molar-refractivity contribution in [3.05, 3.63) is 53.5 Å². The Morgan fingerprint density at radius 2 is 2.14 bits per heavy atom. The van der Waals surface area contributed by atoms with Crippen molar-refractivity contribution >= 4 is 34.2 Å². The summed E-state index contributed by atoms with van der Waals surface area (Å²) < 4.78 is 12.1. The number of ether oxygens (including phenoxy) is 2. The van der Waals surface area contributed by atoms with Crippen molar-refractivity contribution in [2.45, 2.75) is 24.4 Å². The van der Waals surface area contributed by atoms with Crippen LogP contribution < -0.4 is 4.90 Å². The largest absolute Gasteiger partial charge is 0.474 e. The highest BCUT2D eigenvalue weighted by Crippen LogP contribution is 2.49. The zero-order chi connectivity index (χ0) is 20.2. The Morgan fingerprint density at radius 3 is 2.90 bits per heavy atom. The first-order chi connectivity index (χ1) is 14.2. The van der Waals surface area contributed by atoms with Crippen LogP contribution in [-0.2, 0) is 9.47 Å². The molecule has 4 rings (SSSR count). The molecule has 0 spiro atoms. The molecule has 0 amide bonds. The highest BCUT2D eigenvalue weighted by atomic mass is 32.2. The average molecular weight is 427 g/mol. The summed E-state index contributed by atoms with van der Waals surface area (Å²) in [6.07, 6.45) is 4.40. The Hall–Kier alpha value is -2.21. The van der Waals surface area contributed by atoms with E-state index in [9.17, 15) is 5.26 Å². The molecule has 8 heteroatoms. The molecule has 2 aromatic rings. The second kappa shape index (κ2) is 9.08. The molecule has 3 atom stereocenters. The molecule has 3 heterocycles. The van der Waals surface area contributed by atoms with Gasteiger partial charge in [-0.2, -0.15) is 5.26 Å². The first-order valence-electron chi connectivity index (χ1n) is 9.60. The molecule has 2 fully saturated rings. The van der Waals surface area contributed by atoms with Crippen LogP contribution in [0.5, 0.6) is 0 Å². The van der Waals surface area contributed by atoms with Crippen LogP contribution in [0.1, 0.15) is 35.2 Å².